The third-order valence-corrected chi connectivity index (χ3v) is 4.63. The molecule has 132 valence electrons. The van der Waals surface area contributed by atoms with E-state index in [9.17, 15) is 4.79 Å². The van der Waals surface area contributed by atoms with Crippen LogP contribution in [0.3, 0.4) is 0 Å². The molecule has 0 spiro atoms. The predicted octanol–water partition coefficient (Wildman–Crippen LogP) is 3.29. The topological polar surface area (TPSA) is 41.6 Å². The van der Waals surface area contributed by atoms with Gasteiger partial charge in [-0.25, -0.2) is 0 Å². The van der Waals surface area contributed by atoms with Gasteiger partial charge in [0.1, 0.15) is 6.10 Å². The quantitative estimate of drug-likeness (QED) is 0.842. The maximum absolute atomic E-state index is 11.9. The van der Waals surface area contributed by atoms with Crippen LogP contribution < -0.4 is 10.2 Å². The zero-order valence-electron chi connectivity index (χ0n) is 15.0. The van der Waals surface area contributed by atoms with Gasteiger partial charge in [0.05, 0.1) is 0 Å². The summed E-state index contributed by atoms with van der Waals surface area (Å²) in [5.41, 5.74) is 5.17. The van der Waals surface area contributed by atoms with Crippen LogP contribution in [0, 0.1) is 0 Å². The zero-order chi connectivity index (χ0) is 17.6. The predicted molar refractivity (Wildman–Crippen MR) is 101 cm³/mol. The summed E-state index contributed by atoms with van der Waals surface area (Å²) in [6, 6.07) is 17.1. The van der Waals surface area contributed by atoms with Gasteiger partial charge < -0.3 is 15.0 Å². The molecule has 1 amide bonds. The second-order valence-electron chi connectivity index (χ2n) is 6.43. The summed E-state index contributed by atoms with van der Waals surface area (Å²) in [6.07, 6.45) is 0.720. The highest BCUT2D eigenvalue weighted by atomic mass is 16.5. The van der Waals surface area contributed by atoms with Crippen LogP contribution >= 0.6 is 0 Å². The summed E-state index contributed by atoms with van der Waals surface area (Å²) in [5.74, 6) is -0.0698. The fraction of sp³-hybridized carbons (Fsp3) is 0.381. The highest BCUT2D eigenvalue weighted by Gasteiger charge is 2.18. The summed E-state index contributed by atoms with van der Waals surface area (Å²) in [6.45, 7) is 6.74. The van der Waals surface area contributed by atoms with Gasteiger partial charge in [-0.15, -0.1) is 0 Å². The first-order valence-corrected chi connectivity index (χ1v) is 8.97. The molecule has 4 nitrogen and oxygen atoms in total. The number of carbonyl (C=O) groups is 1. The van der Waals surface area contributed by atoms with E-state index in [1.165, 1.54) is 16.8 Å². The van der Waals surface area contributed by atoms with Crippen molar-refractivity contribution < 1.29 is 9.53 Å². The van der Waals surface area contributed by atoms with Gasteiger partial charge in [0.15, 0.2) is 0 Å². The number of hydrogen-bond acceptors (Lipinski definition) is 3. The highest BCUT2D eigenvalue weighted by molar-refractivity contribution is 5.80. The van der Waals surface area contributed by atoms with Crippen molar-refractivity contribution in [2.45, 2.75) is 39.5 Å². The van der Waals surface area contributed by atoms with E-state index in [0.29, 0.717) is 13.2 Å². The van der Waals surface area contributed by atoms with Crippen LogP contribution in [-0.4, -0.2) is 25.2 Å². The fourth-order valence-electron chi connectivity index (χ4n) is 3.21. The van der Waals surface area contributed by atoms with Crippen molar-refractivity contribution in [2.24, 2.45) is 0 Å². The lowest BCUT2D eigenvalue weighted by Gasteiger charge is -2.19. The van der Waals surface area contributed by atoms with Gasteiger partial charge >= 0.3 is 0 Å². The molecule has 1 aliphatic rings. The second-order valence-corrected chi connectivity index (χ2v) is 6.43. The highest BCUT2D eigenvalue weighted by Crippen LogP contribution is 2.28. The minimum atomic E-state index is -0.403. The maximum atomic E-state index is 11.9. The Morgan fingerprint density at radius 2 is 1.88 bits per heavy atom. The molecular weight excluding hydrogens is 312 g/mol. The minimum absolute atomic E-state index is 0.0698. The number of nitrogens with one attached hydrogen (secondary N) is 1. The van der Waals surface area contributed by atoms with E-state index in [0.717, 1.165) is 25.1 Å². The van der Waals surface area contributed by atoms with Gasteiger partial charge in [0.25, 0.3) is 0 Å². The molecule has 0 aliphatic carbocycles. The molecule has 1 aliphatic heterocycles. The first kappa shape index (κ1) is 17.5. The lowest BCUT2D eigenvalue weighted by Crippen LogP contribution is -2.34. The molecule has 3 rings (SSSR count). The van der Waals surface area contributed by atoms with E-state index in [-0.39, 0.29) is 5.91 Å². The molecule has 0 aromatic heterocycles. The molecule has 0 bridgehead atoms. The zero-order valence-corrected chi connectivity index (χ0v) is 15.0. The smallest absolute Gasteiger partial charge is 0.249 e. The summed E-state index contributed by atoms with van der Waals surface area (Å²) in [7, 11) is 0. The number of rotatable bonds is 7. The standard InChI is InChI=1S/C21H26N2O2/c1-3-25-16(2)21(24)22-14-17-8-10-18(11-9-17)15-23-13-12-19-6-4-5-7-20(19)23/h4-11,16H,3,12-15H2,1-2H3,(H,22,24)/t16-/m0/s1. The van der Waals surface area contributed by atoms with Crippen molar-refractivity contribution in [1.29, 1.82) is 0 Å². The van der Waals surface area contributed by atoms with Crippen LogP contribution in [0.4, 0.5) is 5.69 Å². The lowest BCUT2D eigenvalue weighted by atomic mass is 10.1. The third kappa shape index (κ3) is 4.40. The van der Waals surface area contributed by atoms with Crippen molar-refractivity contribution in [3.8, 4) is 0 Å². The van der Waals surface area contributed by atoms with E-state index < -0.39 is 6.10 Å². The van der Waals surface area contributed by atoms with E-state index in [1.54, 1.807) is 6.92 Å². The van der Waals surface area contributed by atoms with Gasteiger partial charge in [-0.2, -0.15) is 0 Å². The van der Waals surface area contributed by atoms with Crippen LogP contribution in [0.1, 0.15) is 30.5 Å². The Balaban J connectivity index is 1.54. The Kier molecular flexibility index (Phi) is 5.71. The molecule has 0 fully saturated rings. The van der Waals surface area contributed by atoms with Gasteiger partial charge in [0.2, 0.25) is 5.91 Å². The van der Waals surface area contributed by atoms with Gasteiger partial charge in [-0.1, -0.05) is 42.5 Å². The molecule has 1 atom stereocenters. The molecule has 1 heterocycles. The number of para-hydroxylation sites is 1. The SMILES string of the molecule is CCO[C@@H](C)C(=O)NCc1ccc(CN2CCc3ccccc32)cc1. The van der Waals surface area contributed by atoms with Crippen LogP contribution in [0.15, 0.2) is 48.5 Å². The van der Waals surface area contributed by atoms with Crippen LogP contribution in [-0.2, 0) is 29.0 Å². The number of benzene rings is 2. The van der Waals surface area contributed by atoms with E-state index in [1.807, 2.05) is 6.92 Å². The van der Waals surface area contributed by atoms with E-state index >= 15 is 0 Å². The van der Waals surface area contributed by atoms with E-state index in [4.69, 9.17) is 4.74 Å². The molecule has 0 radical (unpaired) electrons. The Morgan fingerprint density at radius 1 is 1.16 bits per heavy atom. The monoisotopic (exact) mass is 338 g/mol. The molecule has 4 heteroatoms. The largest absolute Gasteiger partial charge is 0.369 e. The summed E-state index contributed by atoms with van der Waals surface area (Å²) in [5, 5.41) is 2.91. The number of anilines is 1. The van der Waals surface area contributed by atoms with Crippen molar-refractivity contribution in [3.63, 3.8) is 0 Å². The Bertz CT molecular complexity index is 712. The van der Waals surface area contributed by atoms with Crippen LogP contribution in [0.2, 0.25) is 0 Å². The van der Waals surface area contributed by atoms with Crippen LogP contribution in [0.25, 0.3) is 0 Å². The summed E-state index contributed by atoms with van der Waals surface area (Å²) >= 11 is 0. The fourth-order valence-corrected chi connectivity index (χ4v) is 3.21. The number of hydrogen-bond donors (Lipinski definition) is 1. The van der Waals surface area contributed by atoms with Crippen molar-refractivity contribution in [1.82, 2.24) is 5.32 Å². The molecule has 0 saturated heterocycles. The molecular formula is C21H26N2O2. The molecule has 2 aromatic carbocycles. The lowest BCUT2D eigenvalue weighted by molar-refractivity contribution is -0.131. The van der Waals surface area contributed by atoms with Crippen LogP contribution in [0.5, 0.6) is 0 Å². The van der Waals surface area contributed by atoms with Crippen molar-refractivity contribution in [2.75, 3.05) is 18.1 Å². The third-order valence-electron chi connectivity index (χ3n) is 4.63. The maximum Gasteiger partial charge on any atom is 0.249 e. The number of carbonyl (C=O) groups excluding carboxylic acids is 1. The van der Waals surface area contributed by atoms with Crippen molar-refractivity contribution >= 4 is 11.6 Å². The molecule has 1 N–H and O–H groups in total. The van der Waals surface area contributed by atoms with Gasteiger partial charge in [-0.05, 0) is 43.0 Å². The minimum Gasteiger partial charge on any atom is -0.369 e. The molecule has 25 heavy (non-hydrogen) atoms. The average molecular weight is 338 g/mol. The first-order valence-electron chi connectivity index (χ1n) is 8.97. The molecule has 2 aromatic rings. The van der Waals surface area contributed by atoms with E-state index in [2.05, 4.69) is 58.7 Å². The molecule has 0 unspecified atom stereocenters. The number of nitrogens with zero attached hydrogens (tertiary/aromatic N) is 1. The normalized spacial score (nSPS) is 14.2. The van der Waals surface area contributed by atoms with Gasteiger partial charge in [0, 0.05) is 31.9 Å². The number of fused-ring (bicyclic) bond motifs is 1. The number of ether oxygens (including phenoxy) is 1. The Morgan fingerprint density at radius 3 is 2.64 bits per heavy atom. The first-order chi connectivity index (χ1) is 12.2. The Labute approximate surface area is 149 Å². The molecule has 0 saturated carbocycles. The second kappa shape index (κ2) is 8.17. The summed E-state index contributed by atoms with van der Waals surface area (Å²) < 4.78 is 5.30. The average Bonchev–Trinajstić information content (AvgIpc) is 3.04. The van der Waals surface area contributed by atoms with Gasteiger partial charge in [-0.3, -0.25) is 4.79 Å². The summed E-state index contributed by atoms with van der Waals surface area (Å²) in [4.78, 5) is 14.3. The number of amides is 1. The Hall–Kier alpha value is -2.33. The van der Waals surface area contributed by atoms with Crippen molar-refractivity contribution in [3.05, 3.63) is 65.2 Å².